The van der Waals surface area contributed by atoms with Gasteiger partial charge in [-0.05, 0) is 38.4 Å². The molecule has 0 amide bonds. The van der Waals surface area contributed by atoms with Crippen molar-refractivity contribution in [2.75, 3.05) is 6.54 Å². The molecular weight excluding hydrogens is 290 g/mol. The minimum atomic E-state index is 0.290. The van der Waals surface area contributed by atoms with E-state index in [4.69, 9.17) is 4.52 Å². The van der Waals surface area contributed by atoms with Gasteiger partial charge in [-0.1, -0.05) is 28.6 Å². The first-order valence-electron chi connectivity index (χ1n) is 7.93. The van der Waals surface area contributed by atoms with Gasteiger partial charge in [-0.3, -0.25) is 4.90 Å². The summed E-state index contributed by atoms with van der Waals surface area (Å²) in [5, 5.41) is 12.6. The molecule has 118 valence electrons. The van der Waals surface area contributed by atoms with Crippen molar-refractivity contribution in [3.05, 3.63) is 59.7 Å². The second-order valence-electron chi connectivity index (χ2n) is 5.99. The molecule has 1 aliphatic heterocycles. The zero-order valence-corrected chi connectivity index (χ0v) is 13.1. The predicted molar refractivity (Wildman–Crippen MR) is 85.0 cm³/mol. The largest absolute Gasteiger partial charge is 0.359 e. The van der Waals surface area contributed by atoms with Crippen LogP contribution in [0.25, 0.3) is 5.69 Å². The normalized spacial score (nSPS) is 18.6. The molecule has 4 rings (SSSR count). The quantitative estimate of drug-likeness (QED) is 0.741. The van der Waals surface area contributed by atoms with E-state index in [1.807, 2.05) is 54.2 Å². The van der Waals surface area contributed by atoms with Crippen LogP contribution in [0.3, 0.4) is 0 Å². The summed E-state index contributed by atoms with van der Waals surface area (Å²) in [6.07, 6.45) is 4.26. The molecule has 0 radical (unpaired) electrons. The van der Waals surface area contributed by atoms with Gasteiger partial charge in [-0.25, -0.2) is 4.68 Å². The third kappa shape index (κ3) is 2.90. The zero-order chi connectivity index (χ0) is 15.6. The van der Waals surface area contributed by atoms with Crippen LogP contribution in [0.4, 0.5) is 0 Å². The Bertz CT molecular complexity index is 779. The van der Waals surface area contributed by atoms with Crippen molar-refractivity contribution in [3.63, 3.8) is 0 Å². The third-order valence-corrected chi connectivity index (χ3v) is 4.26. The van der Waals surface area contributed by atoms with E-state index >= 15 is 0 Å². The summed E-state index contributed by atoms with van der Waals surface area (Å²) in [5.41, 5.74) is 2.92. The van der Waals surface area contributed by atoms with E-state index in [0.717, 1.165) is 48.8 Å². The zero-order valence-electron chi connectivity index (χ0n) is 13.1. The van der Waals surface area contributed by atoms with Crippen LogP contribution in [0.5, 0.6) is 0 Å². The number of hydrogen-bond donors (Lipinski definition) is 0. The third-order valence-electron chi connectivity index (χ3n) is 4.26. The Kier molecular flexibility index (Phi) is 3.67. The number of benzene rings is 1. The van der Waals surface area contributed by atoms with Crippen molar-refractivity contribution in [2.24, 2.45) is 0 Å². The van der Waals surface area contributed by atoms with E-state index in [2.05, 4.69) is 20.4 Å². The molecule has 1 aromatic carbocycles. The van der Waals surface area contributed by atoms with E-state index < -0.39 is 0 Å². The first-order valence-corrected chi connectivity index (χ1v) is 7.93. The smallest absolute Gasteiger partial charge is 0.154 e. The van der Waals surface area contributed by atoms with Crippen LogP contribution in [-0.4, -0.2) is 31.6 Å². The molecule has 3 heterocycles. The van der Waals surface area contributed by atoms with Crippen molar-refractivity contribution in [1.29, 1.82) is 0 Å². The predicted octanol–water partition coefficient (Wildman–Crippen LogP) is 2.90. The molecule has 2 aromatic heterocycles. The minimum Gasteiger partial charge on any atom is -0.359 e. The van der Waals surface area contributed by atoms with Gasteiger partial charge in [0.1, 0.15) is 0 Å². The van der Waals surface area contributed by atoms with E-state index in [-0.39, 0.29) is 6.04 Å². The molecule has 1 fully saturated rings. The average molecular weight is 309 g/mol. The highest BCUT2D eigenvalue weighted by Gasteiger charge is 2.29. The standard InChI is InChI=1S/C17H19N5O/c1-13-10-17(23-19-13)16-8-5-9-21(16)11-14-12-22(20-18-14)15-6-3-2-4-7-15/h2-4,6-7,10,12,16H,5,8-9,11H2,1H3/t16-/m0/s1. The summed E-state index contributed by atoms with van der Waals surface area (Å²) >= 11 is 0. The molecule has 6 heteroatoms. The van der Waals surface area contributed by atoms with Crippen LogP contribution in [0.15, 0.2) is 47.1 Å². The molecule has 23 heavy (non-hydrogen) atoms. The summed E-state index contributed by atoms with van der Waals surface area (Å²) in [6, 6.07) is 12.4. The van der Waals surface area contributed by atoms with Crippen LogP contribution in [-0.2, 0) is 6.54 Å². The van der Waals surface area contributed by atoms with E-state index in [1.165, 1.54) is 0 Å². The molecule has 3 aromatic rings. The summed E-state index contributed by atoms with van der Waals surface area (Å²) < 4.78 is 7.28. The fourth-order valence-corrected chi connectivity index (χ4v) is 3.16. The maximum absolute atomic E-state index is 5.46. The van der Waals surface area contributed by atoms with E-state index in [0.29, 0.717) is 0 Å². The van der Waals surface area contributed by atoms with Gasteiger partial charge >= 0.3 is 0 Å². The number of likely N-dealkylation sites (tertiary alicyclic amines) is 1. The highest BCUT2D eigenvalue weighted by Crippen LogP contribution is 2.33. The number of aryl methyl sites for hydroxylation is 1. The molecule has 0 saturated carbocycles. The van der Waals surface area contributed by atoms with E-state index in [1.54, 1.807) is 0 Å². The van der Waals surface area contributed by atoms with Gasteiger partial charge in [0, 0.05) is 12.6 Å². The minimum absolute atomic E-state index is 0.290. The first-order chi connectivity index (χ1) is 11.3. The van der Waals surface area contributed by atoms with Crippen molar-refractivity contribution in [3.8, 4) is 5.69 Å². The topological polar surface area (TPSA) is 60.0 Å². The van der Waals surface area contributed by atoms with Crippen molar-refractivity contribution < 1.29 is 4.52 Å². The van der Waals surface area contributed by atoms with E-state index in [9.17, 15) is 0 Å². The molecule has 0 N–H and O–H groups in total. The lowest BCUT2D eigenvalue weighted by Gasteiger charge is -2.20. The molecular formula is C17H19N5O. The lowest BCUT2D eigenvalue weighted by molar-refractivity contribution is 0.204. The molecule has 0 unspecified atom stereocenters. The van der Waals surface area contributed by atoms with Gasteiger partial charge in [0.05, 0.1) is 29.3 Å². The molecule has 0 aliphatic carbocycles. The van der Waals surface area contributed by atoms with Crippen LogP contribution in [0.2, 0.25) is 0 Å². The van der Waals surface area contributed by atoms with Gasteiger partial charge in [0.15, 0.2) is 5.76 Å². The van der Waals surface area contributed by atoms with Gasteiger partial charge in [-0.2, -0.15) is 0 Å². The second kappa shape index (κ2) is 5.96. The average Bonchev–Trinajstić information content (AvgIpc) is 3.29. The molecule has 1 atom stereocenters. The van der Waals surface area contributed by atoms with Gasteiger partial charge in [0.2, 0.25) is 0 Å². The Morgan fingerprint density at radius 3 is 2.91 bits per heavy atom. The second-order valence-corrected chi connectivity index (χ2v) is 5.99. The van der Waals surface area contributed by atoms with Crippen molar-refractivity contribution >= 4 is 0 Å². The highest BCUT2D eigenvalue weighted by molar-refractivity contribution is 5.29. The summed E-state index contributed by atoms with van der Waals surface area (Å²) in [4.78, 5) is 2.39. The van der Waals surface area contributed by atoms with Crippen LogP contribution in [0, 0.1) is 6.92 Å². The van der Waals surface area contributed by atoms with Gasteiger partial charge < -0.3 is 4.52 Å². The van der Waals surface area contributed by atoms with Crippen LogP contribution < -0.4 is 0 Å². The fraction of sp³-hybridized carbons (Fsp3) is 0.353. The Labute approximate surface area is 134 Å². The van der Waals surface area contributed by atoms with Crippen molar-refractivity contribution in [2.45, 2.75) is 32.4 Å². The molecule has 0 bridgehead atoms. The first kappa shape index (κ1) is 14.1. The van der Waals surface area contributed by atoms with Crippen LogP contribution >= 0.6 is 0 Å². The molecule has 1 saturated heterocycles. The SMILES string of the molecule is Cc1cc([C@@H]2CCCN2Cc2cn(-c3ccccc3)nn2)on1. The Balaban J connectivity index is 1.50. The molecule has 6 nitrogen and oxygen atoms in total. The van der Waals surface area contributed by atoms with Gasteiger partial charge in [0.25, 0.3) is 0 Å². The van der Waals surface area contributed by atoms with Crippen LogP contribution in [0.1, 0.15) is 36.0 Å². The lowest BCUT2D eigenvalue weighted by Crippen LogP contribution is -2.22. The number of para-hydroxylation sites is 1. The summed E-state index contributed by atoms with van der Waals surface area (Å²) in [5.74, 6) is 0.954. The maximum atomic E-state index is 5.46. The molecule has 0 spiro atoms. The number of hydrogen-bond acceptors (Lipinski definition) is 5. The number of aromatic nitrogens is 4. The fourth-order valence-electron chi connectivity index (χ4n) is 3.16. The highest BCUT2D eigenvalue weighted by atomic mass is 16.5. The Morgan fingerprint density at radius 2 is 2.13 bits per heavy atom. The number of rotatable bonds is 4. The summed E-state index contributed by atoms with van der Waals surface area (Å²) in [6.45, 7) is 3.78. The van der Waals surface area contributed by atoms with Gasteiger partial charge in [-0.15, -0.1) is 5.10 Å². The Morgan fingerprint density at radius 1 is 1.26 bits per heavy atom. The maximum Gasteiger partial charge on any atom is 0.154 e. The molecule has 1 aliphatic rings. The summed E-state index contributed by atoms with van der Waals surface area (Å²) in [7, 11) is 0. The number of nitrogens with zero attached hydrogens (tertiary/aromatic N) is 5. The monoisotopic (exact) mass is 309 g/mol. The lowest BCUT2D eigenvalue weighted by atomic mass is 10.1. The Hall–Kier alpha value is -2.47. The van der Waals surface area contributed by atoms with Crippen molar-refractivity contribution in [1.82, 2.24) is 25.1 Å².